The summed E-state index contributed by atoms with van der Waals surface area (Å²) in [6.07, 6.45) is 12.2. The Hall–Kier alpha value is -0.780. The maximum Gasteiger partial charge on any atom is 0.223 e. The lowest BCUT2D eigenvalue weighted by molar-refractivity contribution is -0.127. The van der Waals surface area contributed by atoms with Crippen LogP contribution in [0, 0.1) is 17.8 Å². The Morgan fingerprint density at radius 2 is 1.71 bits per heavy atom. The van der Waals surface area contributed by atoms with Crippen LogP contribution < -0.4 is 26.6 Å². The first-order chi connectivity index (χ1) is 18.3. The van der Waals surface area contributed by atoms with E-state index in [1.54, 1.807) is 0 Å². The van der Waals surface area contributed by atoms with E-state index in [1.165, 1.54) is 38.6 Å². The maximum absolute atomic E-state index is 13.0. The van der Waals surface area contributed by atoms with E-state index in [-0.39, 0.29) is 29.4 Å². The Kier molecular flexibility index (Phi) is 9.69. The average molecular weight is 553 g/mol. The van der Waals surface area contributed by atoms with Gasteiger partial charge in [-0.1, -0.05) is 6.92 Å². The molecule has 5 rings (SSSR count). The van der Waals surface area contributed by atoms with Crippen LogP contribution in [0.4, 0.5) is 0 Å². The largest absolute Gasteiger partial charge is 0.353 e. The van der Waals surface area contributed by atoms with Gasteiger partial charge in [0.25, 0.3) is 0 Å². The minimum atomic E-state index is -3.01. The molecule has 7 unspecified atom stereocenters. The highest BCUT2D eigenvalue weighted by atomic mass is 32.2. The number of carbonyl (C=O) groups excluding carboxylic acids is 1. The Morgan fingerprint density at radius 1 is 0.947 bits per heavy atom. The Morgan fingerprint density at radius 3 is 2.45 bits per heavy atom. The third-order valence-electron chi connectivity index (χ3n) is 10.3. The molecule has 0 bridgehead atoms. The minimum Gasteiger partial charge on any atom is -0.353 e. The number of sulfone groups is 1. The number of carbonyl (C=O) groups is 1. The molecule has 0 aromatic rings. The summed E-state index contributed by atoms with van der Waals surface area (Å²) in [5, 5.41) is 18.2. The molecule has 5 aliphatic rings. The molecule has 9 nitrogen and oxygen atoms in total. The van der Waals surface area contributed by atoms with Crippen LogP contribution >= 0.6 is 0 Å². The molecule has 0 aromatic heterocycles. The first-order valence-corrected chi connectivity index (χ1v) is 17.4. The molecule has 3 aliphatic heterocycles. The Balaban J connectivity index is 1.09. The van der Waals surface area contributed by atoms with E-state index in [0.717, 1.165) is 45.3 Å². The number of hydrogen-bond acceptors (Lipinski definition) is 8. The highest BCUT2D eigenvalue weighted by molar-refractivity contribution is 7.91. The zero-order valence-electron chi connectivity index (χ0n) is 23.6. The second kappa shape index (κ2) is 12.8. The van der Waals surface area contributed by atoms with E-state index >= 15 is 0 Å². The van der Waals surface area contributed by atoms with E-state index in [1.807, 2.05) is 0 Å². The predicted octanol–water partition coefficient (Wildman–Crippen LogP) is 1.16. The van der Waals surface area contributed by atoms with Gasteiger partial charge in [-0.2, -0.15) is 0 Å². The number of hydrogen-bond donors (Lipinski definition) is 5. The van der Waals surface area contributed by atoms with Crippen molar-refractivity contribution in [1.29, 1.82) is 0 Å². The molecule has 0 radical (unpaired) electrons. The van der Waals surface area contributed by atoms with Gasteiger partial charge in [-0.15, -0.1) is 0 Å². The number of nitrogens with zero attached hydrogens (tertiary/aromatic N) is 1. The molecule has 5 N–H and O–H groups in total. The summed E-state index contributed by atoms with van der Waals surface area (Å²) in [6, 6.07) is 1.74. The predicted molar refractivity (Wildman–Crippen MR) is 151 cm³/mol. The number of rotatable bonds is 7. The second-order valence-corrected chi connectivity index (χ2v) is 15.4. The number of likely N-dealkylation sites (tertiary alicyclic amines) is 1. The number of nitrogens with one attached hydrogen (secondary N) is 5. The Bertz CT molecular complexity index is 889. The van der Waals surface area contributed by atoms with Crippen molar-refractivity contribution >= 4 is 15.7 Å². The summed E-state index contributed by atoms with van der Waals surface area (Å²) in [5.74, 6) is 1.30. The standard InChI is InChI=1S/C28H52N6O3S/c1-19-5-8-22(31-27(35)20-6-9-24(10-7-20)38(2,36)37)16-26(19)33-28-30-12-11-25(32-28)21-15-23(18-29-17-21)34-13-3-4-14-34/h19-26,28-30,32-33H,3-18H2,1-2H3,(H,31,35). The second-order valence-electron chi connectivity index (χ2n) is 13.1. The van der Waals surface area contributed by atoms with Gasteiger partial charge >= 0.3 is 0 Å². The van der Waals surface area contributed by atoms with Gasteiger partial charge in [-0.25, -0.2) is 8.42 Å². The number of amides is 1. The van der Waals surface area contributed by atoms with E-state index < -0.39 is 9.84 Å². The van der Waals surface area contributed by atoms with Crippen molar-refractivity contribution in [3.05, 3.63) is 0 Å². The van der Waals surface area contributed by atoms with Gasteiger partial charge in [0.1, 0.15) is 16.1 Å². The van der Waals surface area contributed by atoms with Gasteiger partial charge in [0.05, 0.1) is 5.25 Å². The van der Waals surface area contributed by atoms with Gasteiger partial charge in [0.15, 0.2) is 0 Å². The molecule has 7 atom stereocenters. The zero-order chi connectivity index (χ0) is 26.7. The molecule has 1 amide bonds. The van der Waals surface area contributed by atoms with Crippen LogP contribution in [0.2, 0.25) is 0 Å². The van der Waals surface area contributed by atoms with Crippen LogP contribution in [-0.4, -0.2) is 93.9 Å². The molecule has 3 heterocycles. The van der Waals surface area contributed by atoms with E-state index in [2.05, 4.69) is 38.4 Å². The highest BCUT2D eigenvalue weighted by Crippen LogP contribution is 2.30. The summed E-state index contributed by atoms with van der Waals surface area (Å²) in [5.41, 5.74) is 0. The van der Waals surface area contributed by atoms with Gasteiger partial charge in [-0.05, 0) is 109 Å². The summed E-state index contributed by atoms with van der Waals surface area (Å²) >= 11 is 0. The molecule has 0 aromatic carbocycles. The van der Waals surface area contributed by atoms with Crippen molar-refractivity contribution in [3.63, 3.8) is 0 Å². The van der Waals surface area contributed by atoms with Crippen molar-refractivity contribution < 1.29 is 13.2 Å². The van der Waals surface area contributed by atoms with Crippen LogP contribution in [0.5, 0.6) is 0 Å². The lowest BCUT2D eigenvalue weighted by Crippen LogP contribution is -2.67. The summed E-state index contributed by atoms with van der Waals surface area (Å²) in [6.45, 7) is 8.12. The Labute approximate surface area is 230 Å². The van der Waals surface area contributed by atoms with Gasteiger partial charge < -0.3 is 10.6 Å². The third-order valence-corrected chi connectivity index (χ3v) is 12.0. The van der Waals surface area contributed by atoms with Gasteiger partial charge in [0, 0.05) is 42.9 Å². The lowest BCUT2D eigenvalue weighted by Gasteiger charge is -2.44. The minimum absolute atomic E-state index is 0.0466. The fourth-order valence-corrected chi connectivity index (χ4v) is 8.96. The molecular formula is C28H52N6O3S. The van der Waals surface area contributed by atoms with Crippen molar-refractivity contribution in [2.75, 3.05) is 39.0 Å². The normalized spacial score (nSPS) is 41.6. The molecule has 218 valence electrons. The van der Waals surface area contributed by atoms with Crippen LogP contribution in [0.1, 0.15) is 77.6 Å². The summed E-state index contributed by atoms with van der Waals surface area (Å²) in [4.78, 5) is 15.7. The molecule has 3 saturated heterocycles. The monoisotopic (exact) mass is 552 g/mol. The van der Waals surface area contributed by atoms with Crippen LogP contribution in [0.3, 0.4) is 0 Å². The first kappa shape index (κ1) is 28.7. The van der Waals surface area contributed by atoms with E-state index in [4.69, 9.17) is 0 Å². The maximum atomic E-state index is 13.0. The number of piperidine rings is 1. The SMILES string of the molecule is CC1CCC(NC(=O)C2CCC(S(C)(=O)=O)CC2)CC1NC1NCCC(C2CNCC(N3CCCC3)C2)N1. The van der Waals surface area contributed by atoms with Crippen LogP contribution in [0.25, 0.3) is 0 Å². The lowest BCUT2D eigenvalue weighted by atomic mass is 9.82. The topological polar surface area (TPSA) is 115 Å². The first-order valence-electron chi connectivity index (χ1n) is 15.5. The quantitative estimate of drug-likeness (QED) is 0.320. The molecule has 38 heavy (non-hydrogen) atoms. The molecule has 0 spiro atoms. The van der Waals surface area contributed by atoms with E-state index in [0.29, 0.717) is 55.6 Å². The fourth-order valence-electron chi connectivity index (χ4n) is 7.83. The van der Waals surface area contributed by atoms with Crippen molar-refractivity contribution in [3.8, 4) is 0 Å². The summed E-state index contributed by atoms with van der Waals surface area (Å²) in [7, 11) is -3.01. The van der Waals surface area contributed by atoms with Crippen LogP contribution in [-0.2, 0) is 14.6 Å². The highest BCUT2D eigenvalue weighted by Gasteiger charge is 2.37. The summed E-state index contributed by atoms with van der Waals surface area (Å²) < 4.78 is 23.7. The smallest absolute Gasteiger partial charge is 0.223 e. The molecular weight excluding hydrogens is 500 g/mol. The van der Waals surface area contributed by atoms with E-state index in [9.17, 15) is 13.2 Å². The average Bonchev–Trinajstić information content (AvgIpc) is 3.46. The molecule has 5 fully saturated rings. The fraction of sp³-hybridized carbons (Fsp3) is 0.964. The molecule has 2 aliphatic carbocycles. The molecule has 10 heteroatoms. The third kappa shape index (κ3) is 7.29. The van der Waals surface area contributed by atoms with Crippen molar-refractivity contribution in [2.24, 2.45) is 17.8 Å². The van der Waals surface area contributed by atoms with Crippen molar-refractivity contribution in [1.82, 2.24) is 31.5 Å². The van der Waals surface area contributed by atoms with Gasteiger partial charge in [-0.3, -0.25) is 25.6 Å². The zero-order valence-corrected chi connectivity index (χ0v) is 24.4. The van der Waals surface area contributed by atoms with Gasteiger partial charge in [0.2, 0.25) is 5.91 Å². The van der Waals surface area contributed by atoms with Crippen molar-refractivity contribution in [2.45, 2.75) is 113 Å². The van der Waals surface area contributed by atoms with Crippen LogP contribution in [0.15, 0.2) is 0 Å². The molecule has 2 saturated carbocycles.